The van der Waals surface area contributed by atoms with Gasteiger partial charge in [-0.1, -0.05) is 47.5 Å². The molecule has 0 bridgehead atoms. The highest BCUT2D eigenvalue weighted by Crippen LogP contribution is 2.42. The van der Waals surface area contributed by atoms with Crippen molar-refractivity contribution >= 4 is 34.1 Å². The third-order valence-corrected chi connectivity index (χ3v) is 6.44. The summed E-state index contributed by atoms with van der Waals surface area (Å²) >= 11 is 0. The van der Waals surface area contributed by atoms with Crippen LogP contribution in [0.4, 0.5) is 34.1 Å². The summed E-state index contributed by atoms with van der Waals surface area (Å²) in [5.41, 5.74) is 8.58. The van der Waals surface area contributed by atoms with Crippen LogP contribution in [0, 0.1) is 13.8 Å². The van der Waals surface area contributed by atoms with E-state index >= 15 is 0 Å². The number of hydrogen-bond acceptors (Lipinski definition) is 4. The van der Waals surface area contributed by atoms with Gasteiger partial charge in [-0.15, -0.1) is 0 Å². The maximum absolute atomic E-state index is 5.13. The lowest BCUT2D eigenvalue weighted by Gasteiger charge is -2.33. The van der Waals surface area contributed by atoms with Crippen molar-refractivity contribution in [3.05, 3.63) is 107 Å². The second-order valence-electron chi connectivity index (χ2n) is 9.38. The van der Waals surface area contributed by atoms with Crippen LogP contribution in [0.5, 0.6) is 0 Å². The summed E-state index contributed by atoms with van der Waals surface area (Å²) in [6.07, 6.45) is 0. The highest BCUT2D eigenvalue weighted by molar-refractivity contribution is 5.86. The molecule has 0 atom stereocenters. The van der Waals surface area contributed by atoms with Crippen molar-refractivity contribution in [1.82, 2.24) is 0 Å². The normalized spacial score (nSPS) is 15.3. The van der Waals surface area contributed by atoms with E-state index in [0.717, 1.165) is 44.8 Å². The molecule has 0 unspecified atom stereocenters. The Kier molecular flexibility index (Phi) is 4.21. The molecule has 4 heteroatoms. The molecule has 0 saturated carbocycles. The second-order valence-corrected chi connectivity index (χ2v) is 9.38. The summed E-state index contributed by atoms with van der Waals surface area (Å²) in [4.78, 5) is 14.8. The van der Waals surface area contributed by atoms with Crippen molar-refractivity contribution in [2.75, 3.05) is 9.80 Å². The van der Waals surface area contributed by atoms with Crippen molar-refractivity contribution in [3.8, 4) is 0 Å². The number of rotatable bonds is 2. The van der Waals surface area contributed by atoms with Gasteiger partial charge in [0.25, 0.3) is 0 Å². The summed E-state index contributed by atoms with van der Waals surface area (Å²) in [6.45, 7) is 8.55. The van der Waals surface area contributed by atoms with Gasteiger partial charge < -0.3 is 9.80 Å². The molecular formula is C29H26N4. The van der Waals surface area contributed by atoms with Gasteiger partial charge in [0.1, 0.15) is 5.66 Å². The Morgan fingerprint density at radius 2 is 1.24 bits per heavy atom. The van der Waals surface area contributed by atoms with Gasteiger partial charge in [0.2, 0.25) is 0 Å². The fraction of sp³-hybridized carbons (Fsp3) is 0.172. The first-order valence-corrected chi connectivity index (χ1v) is 11.4. The average molecular weight is 431 g/mol. The van der Waals surface area contributed by atoms with E-state index in [1.165, 1.54) is 11.1 Å². The van der Waals surface area contributed by atoms with Crippen LogP contribution in [0.2, 0.25) is 0 Å². The van der Waals surface area contributed by atoms with Crippen molar-refractivity contribution in [2.45, 2.75) is 33.4 Å². The van der Waals surface area contributed by atoms with Gasteiger partial charge in [0.05, 0.1) is 33.5 Å². The van der Waals surface area contributed by atoms with Crippen molar-refractivity contribution < 1.29 is 0 Å². The molecule has 2 aliphatic heterocycles. The molecule has 33 heavy (non-hydrogen) atoms. The monoisotopic (exact) mass is 430 g/mol. The van der Waals surface area contributed by atoms with E-state index in [-0.39, 0.29) is 5.66 Å². The van der Waals surface area contributed by atoms with Crippen LogP contribution >= 0.6 is 0 Å². The highest BCUT2D eigenvalue weighted by atomic mass is 15.3. The van der Waals surface area contributed by atoms with Gasteiger partial charge >= 0.3 is 0 Å². The van der Waals surface area contributed by atoms with Crippen LogP contribution in [0.3, 0.4) is 0 Å². The first-order chi connectivity index (χ1) is 15.9. The Morgan fingerprint density at radius 3 is 1.94 bits per heavy atom. The van der Waals surface area contributed by atoms with E-state index in [9.17, 15) is 0 Å². The predicted octanol–water partition coefficient (Wildman–Crippen LogP) is 6.55. The minimum atomic E-state index is -0.386. The smallest absolute Gasteiger partial charge is 0.131 e. The molecular weight excluding hydrogens is 404 g/mol. The first kappa shape index (κ1) is 19.7. The van der Waals surface area contributed by atoms with Gasteiger partial charge in [-0.3, -0.25) is 4.99 Å². The van der Waals surface area contributed by atoms with Crippen molar-refractivity contribution in [3.63, 3.8) is 0 Å². The maximum atomic E-state index is 5.13. The standard InChI is InChI=1S/C29H26N4/c1-19-9-13-21(14-10-19)32-26-8-6-5-7-23(26)30-24-17-28-25(18-27(24)32)31-29(3,4)33(28)22-15-11-20(2)12-16-22/h5-18H,1-4H3. The summed E-state index contributed by atoms with van der Waals surface area (Å²) in [6, 6.07) is 30.0. The SMILES string of the molecule is Cc1ccc(N2c3ccccc3N=c3cc4c(cc32)=NC(C)(C)N4c2ccc(C)cc2)cc1. The van der Waals surface area contributed by atoms with Crippen molar-refractivity contribution in [2.24, 2.45) is 9.98 Å². The Hall–Kier alpha value is -3.92. The zero-order valence-electron chi connectivity index (χ0n) is 19.4. The van der Waals surface area contributed by atoms with Crippen molar-refractivity contribution in [1.29, 1.82) is 0 Å². The lowest BCUT2D eigenvalue weighted by atomic mass is 10.1. The van der Waals surface area contributed by atoms with E-state index in [2.05, 4.69) is 116 Å². The lowest BCUT2D eigenvalue weighted by Crippen LogP contribution is -2.36. The topological polar surface area (TPSA) is 31.2 Å². The molecule has 4 aromatic carbocycles. The Bertz CT molecular complexity index is 1500. The molecule has 4 aromatic rings. The van der Waals surface area contributed by atoms with Crippen LogP contribution < -0.4 is 20.5 Å². The third-order valence-electron chi connectivity index (χ3n) is 6.44. The van der Waals surface area contributed by atoms with Gasteiger partial charge in [0, 0.05) is 11.4 Å². The molecule has 4 nitrogen and oxygen atoms in total. The number of para-hydroxylation sites is 2. The minimum Gasteiger partial charge on any atom is -0.315 e. The molecule has 0 radical (unpaired) electrons. The summed E-state index contributed by atoms with van der Waals surface area (Å²) < 4.78 is 0. The molecule has 6 rings (SSSR count). The number of aryl methyl sites for hydroxylation is 2. The summed E-state index contributed by atoms with van der Waals surface area (Å²) in [5, 5.41) is 1.95. The van der Waals surface area contributed by atoms with Gasteiger partial charge in [0.15, 0.2) is 0 Å². The quantitative estimate of drug-likeness (QED) is 0.318. The van der Waals surface area contributed by atoms with E-state index in [0.29, 0.717) is 0 Å². The zero-order chi connectivity index (χ0) is 22.7. The molecule has 0 fully saturated rings. The number of benzene rings is 4. The number of anilines is 5. The molecule has 2 heterocycles. The van der Waals surface area contributed by atoms with Crippen LogP contribution in [-0.4, -0.2) is 5.66 Å². The number of nitrogens with zero attached hydrogens (tertiary/aromatic N) is 4. The van der Waals surface area contributed by atoms with Crippen LogP contribution in [-0.2, 0) is 0 Å². The van der Waals surface area contributed by atoms with Crippen LogP contribution in [0.15, 0.2) is 94.9 Å². The Labute approximate surface area is 194 Å². The second kappa shape index (κ2) is 7.04. The summed E-state index contributed by atoms with van der Waals surface area (Å²) in [7, 11) is 0. The van der Waals surface area contributed by atoms with Gasteiger partial charge in [-0.05, 0) is 76.2 Å². The average Bonchev–Trinajstić information content (AvgIpc) is 3.06. The van der Waals surface area contributed by atoms with E-state index in [1.807, 2.05) is 6.07 Å². The lowest BCUT2D eigenvalue weighted by molar-refractivity contribution is 0.544. The first-order valence-electron chi connectivity index (χ1n) is 11.4. The largest absolute Gasteiger partial charge is 0.315 e. The number of hydrogen-bond donors (Lipinski definition) is 0. The molecule has 0 aromatic heterocycles. The fourth-order valence-corrected chi connectivity index (χ4v) is 4.86. The summed E-state index contributed by atoms with van der Waals surface area (Å²) in [5.74, 6) is 0. The van der Waals surface area contributed by atoms with Gasteiger partial charge in [-0.25, -0.2) is 4.99 Å². The minimum absolute atomic E-state index is 0.386. The zero-order valence-corrected chi connectivity index (χ0v) is 19.4. The van der Waals surface area contributed by atoms with E-state index in [1.54, 1.807) is 0 Å². The number of fused-ring (bicyclic) bond motifs is 3. The van der Waals surface area contributed by atoms with Crippen LogP contribution in [0.1, 0.15) is 25.0 Å². The maximum Gasteiger partial charge on any atom is 0.131 e. The molecule has 0 saturated heterocycles. The van der Waals surface area contributed by atoms with Crippen LogP contribution in [0.25, 0.3) is 0 Å². The molecule has 0 spiro atoms. The van der Waals surface area contributed by atoms with E-state index in [4.69, 9.17) is 9.98 Å². The van der Waals surface area contributed by atoms with Gasteiger partial charge in [-0.2, -0.15) is 0 Å². The molecule has 0 amide bonds. The molecule has 0 aliphatic carbocycles. The highest BCUT2D eigenvalue weighted by Gasteiger charge is 2.35. The molecule has 162 valence electrons. The predicted molar refractivity (Wildman–Crippen MR) is 135 cm³/mol. The Balaban J connectivity index is 1.60. The molecule has 0 N–H and O–H groups in total. The van der Waals surface area contributed by atoms with E-state index < -0.39 is 0 Å². The Morgan fingerprint density at radius 1 is 0.636 bits per heavy atom. The molecule has 2 aliphatic rings. The third kappa shape index (κ3) is 3.13. The fourth-order valence-electron chi connectivity index (χ4n) is 4.86.